The van der Waals surface area contributed by atoms with E-state index in [1.165, 1.54) is 0 Å². The van der Waals surface area contributed by atoms with Crippen LogP contribution in [-0.4, -0.2) is 47.9 Å². The zero-order valence-electron chi connectivity index (χ0n) is 12.3. The van der Waals surface area contributed by atoms with E-state index >= 15 is 0 Å². The van der Waals surface area contributed by atoms with Crippen molar-refractivity contribution in [3.63, 3.8) is 0 Å². The highest BCUT2D eigenvalue weighted by atomic mass is 35.5. The van der Waals surface area contributed by atoms with Crippen molar-refractivity contribution in [2.24, 2.45) is 5.73 Å². The maximum atomic E-state index is 11.9. The van der Waals surface area contributed by atoms with E-state index < -0.39 is 0 Å². The molecular formula is C15H23Cl2N3O. The molecule has 2 rings (SSSR count). The molecule has 1 atom stereocenters. The van der Waals surface area contributed by atoms with E-state index in [9.17, 15) is 4.79 Å². The van der Waals surface area contributed by atoms with Gasteiger partial charge in [0.05, 0.1) is 0 Å². The van der Waals surface area contributed by atoms with Crippen LogP contribution in [0.5, 0.6) is 0 Å². The standard InChI is InChI=1S/C15H22ClN3O.ClH/c1-12(17)10-15(20)19-8-6-18(7-9-19)11-13-4-2-3-5-14(13)16;/h2-5,12H,6-11,17H2,1H3;1H. The molecule has 0 spiro atoms. The van der Waals surface area contributed by atoms with Gasteiger partial charge in [0.15, 0.2) is 0 Å². The Morgan fingerprint density at radius 2 is 1.90 bits per heavy atom. The van der Waals surface area contributed by atoms with Gasteiger partial charge in [0, 0.05) is 50.2 Å². The topological polar surface area (TPSA) is 49.6 Å². The Labute approximate surface area is 137 Å². The molecule has 1 amide bonds. The van der Waals surface area contributed by atoms with Crippen molar-refractivity contribution in [1.82, 2.24) is 9.80 Å². The van der Waals surface area contributed by atoms with Gasteiger partial charge in [-0.25, -0.2) is 0 Å². The van der Waals surface area contributed by atoms with Gasteiger partial charge in [-0.3, -0.25) is 9.69 Å². The highest BCUT2D eigenvalue weighted by molar-refractivity contribution is 6.31. The summed E-state index contributed by atoms with van der Waals surface area (Å²) in [6, 6.07) is 7.85. The van der Waals surface area contributed by atoms with Crippen LogP contribution in [0.25, 0.3) is 0 Å². The quantitative estimate of drug-likeness (QED) is 0.919. The van der Waals surface area contributed by atoms with Gasteiger partial charge >= 0.3 is 0 Å². The van der Waals surface area contributed by atoms with Crippen molar-refractivity contribution in [1.29, 1.82) is 0 Å². The molecule has 0 saturated carbocycles. The molecule has 1 fully saturated rings. The van der Waals surface area contributed by atoms with Crippen LogP contribution in [0.3, 0.4) is 0 Å². The number of rotatable bonds is 4. The van der Waals surface area contributed by atoms with Crippen molar-refractivity contribution in [2.45, 2.75) is 25.9 Å². The smallest absolute Gasteiger partial charge is 0.224 e. The lowest BCUT2D eigenvalue weighted by atomic mass is 10.2. The zero-order valence-corrected chi connectivity index (χ0v) is 13.9. The van der Waals surface area contributed by atoms with E-state index in [-0.39, 0.29) is 24.4 Å². The average molecular weight is 332 g/mol. The molecule has 0 aromatic heterocycles. The summed E-state index contributed by atoms with van der Waals surface area (Å²) in [5.74, 6) is 0.164. The third-order valence-corrected chi connectivity index (χ3v) is 3.94. The lowest BCUT2D eigenvalue weighted by Gasteiger charge is -2.35. The number of carbonyl (C=O) groups excluding carboxylic acids is 1. The molecule has 21 heavy (non-hydrogen) atoms. The molecule has 4 nitrogen and oxygen atoms in total. The van der Waals surface area contributed by atoms with E-state index in [2.05, 4.69) is 11.0 Å². The largest absolute Gasteiger partial charge is 0.340 e. The summed E-state index contributed by atoms with van der Waals surface area (Å²) in [5.41, 5.74) is 6.82. The number of amides is 1. The van der Waals surface area contributed by atoms with Crippen LogP contribution in [0.15, 0.2) is 24.3 Å². The number of hydrogen-bond donors (Lipinski definition) is 1. The van der Waals surface area contributed by atoms with Crippen LogP contribution in [-0.2, 0) is 11.3 Å². The number of hydrogen-bond acceptors (Lipinski definition) is 3. The second-order valence-electron chi connectivity index (χ2n) is 5.43. The molecule has 1 unspecified atom stereocenters. The van der Waals surface area contributed by atoms with E-state index in [0.29, 0.717) is 6.42 Å². The van der Waals surface area contributed by atoms with Crippen LogP contribution < -0.4 is 5.73 Å². The Morgan fingerprint density at radius 1 is 1.29 bits per heavy atom. The van der Waals surface area contributed by atoms with Crippen molar-refractivity contribution < 1.29 is 4.79 Å². The van der Waals surface area contributed by atoms with E-state index in [1.807, 2.05) is 30.0 Å². The summed E-state index contributed by atoms with van der Waals surface area (Å²) in [6.07, 6.45) is 0.435. The van der Waals surface area contributed by atoms with Crippen molar-refractivity contribution in [2.75, 3.05) is 26.2 Å². The number of nitrogens with zero attached hydrogens (tertiary/aromatic N) is 2. The van der Waals surface area contributed by atoms with Gasteiger partial charge in [-0.05, 0) is 18.6 Å². The average Bonchev–Trinajstić information content (AvgIpc) is 2.41. The van der Waals surface area contributed by atoms with Crippen molar-refractivity contribution >= 4 is 29.9 Å². The van der Waals surface area contributed by atoms with Crippen LogP contribution >= 0.6 is 24.0 Å². The van der Waals surface area contributed by atoms with E-state index in [1.54, 1.807) is 0 Å². The van der Waals surface area contributed by atoms with Gasteiger partial charge in [0.1, 0.15) is 0 Å². The summed E-state index contributed by atoms with van der Waals surface area (Å²) >= 11 is 6.17. The van der Waals surface area contributed by atoms with E-state index in [4.69, 9.17) is 17.3 Å². The Hall–Kier alpha value is -0.810. The second kappa shape index (κ2) is 8.59. The molecule has 0 aliphatic carbocycles. The first-order valence-corrected chi connectivity index (χ1v) is 7.43. The lowest BCUT2D eigenvalue weighted by Crippen LogP contribution is -2.49. The predicted octanol–water partition coefficient (Wildman–Crippen LogP) is 2.14. The van der Waals surface area contributed by atoms with Crippen LogP contribution in [0.1, 0.15) is 18.9 Å². The molecular weight excluding hydrogens is 309 g/mol. The molecule has 0 radical (unpaired) electrons. The highest BCUT2D eigenvalue weighted by Crippen LogP contribution is 2.18. The summed E-state index contributed by atoms with van der Waals surface area (Å²) in [4.78, 5) is 16.2. The van der Waals surface area contributed by atoms with Crippen molar-refractivity contribution in [3.05, 3.63) is 34.9 Å². The zero-order chi connectivity index (χ0) is 14.5. The number of nitrogens with two attached hydrogens (primary N) is 1. The number of halogens is 2. The van der Waals surface area contributed by atoms with Gasteiger partial charge in [0.2, 0.25) is 5.91 Å². The van der Waals surface area contributed by atoms with Gasteiger partial charge in [-0.1, -0.05) is 29.8 Å². The number of carbonyl (C=O) groups is 1. The molecule has 6 heteroatoms. The summed E-state index contributed by atoms with van der Waals surface area (Å²) in [5, 5.41) is 0.808. The molecule has 118 valence electrons. The van der Waals surface area contributed by atoms with Crippen LogP contribution in [0.4, 0.5) is 0 Å². The summed E-state index contributed by atoms with van der Waals surface area (Å²) < 4.78 is 0. The fourth-order valence-corrected chi connectivity index (χ4v) is 2.62. The minimum absolute atomic E-state index is 0. The monoisotopic (exact) mass is 331 g/mol. The third-order valence-electron chi connectivity index (χ3n) is 3.57. The molecule has 1 saturated heterocycles. The first-order chi connectivity index (χ1) is 9.56. The molecule has 1 aromatic rings. The third kappa shape index (κ3) is 5.47. The highest BCUT2D eigenvalue weighted by Gasteiger charge is 2.21. The summed E-state index contributed by atoms with van der Waals surface area (Å²) in [7, 11) is 0. The van der Waals surface area contributed by atoms with Crippen molar-refractivity contribution in [3.8, 4) is 0 Å². The Balaban J connectivity index is 0.00000220. The van der Waals surface area contributed by atoms with Gasteiger partial charge in [0.25, 0.3) is 0 Å². The van der Waals surface area contributed by atoms with E-state index in [0.717, 1.165) is 43.3 Å². The Bertz CT molecular complexity index is 460. The molecule has 1 aliphatic heterocycles. The minimum atomic E-state index is -0.0661. The first-order valence-electron chi connectivity index (χ1n) is 7.05. The predicted molar refractivity (Wildman–Crippen MR) is 88.8 cm³/mol. The Morgan fingerprint density at radius 3 is 2.48 bits per heavy atom. The normalized spacial score (nSPS) is 17.2. The SMILES string of the molecule is CC(N)CC(=O)N1CCN(Cc2ccccc2Cl)CC1.Cl. The van der Waals surface area contributed by atoms with Crippen LogP contribution in [0, 0.1) is 0 Å². The number of benzene rings is 1. The van der Waals surface area contributed by atoms with Crippen LogP contribution in [0.2, 0.25) is 5.02 Å². The maximum Gasteiger partial charge on any atom is 0.224 e. The first kappa shape index (κ1) is 18.2. The van der Waals surface area contributed by atoms with Gasteiger partial charge in [-0.2, -0.15) is 0 Å². The fraction of sp³-hybridized carbons (Fsp3) is 0.533. The molecule has 1 heterocycles. The molecule has 1 aliphatic rings. The maximum absolute atomic E-state index is 11.9. The lowest BCUT2D eigenvalue weighted by molar-refractivity contribution is -0.133. The fourth-order valence-electron chi connectivity index (χ4n) is 2.43. The molecule has 1 aromatic carbocycles. The molecule has 0 bridgehead atoms. The number of piperazine rings is 1. The summed E-state index contributed by atoms with van der Waals surface area (Å²) in [6.45, 7) is 6.03. The Kier molecular flexibility index (Phi) is 7.46. The minimum Gasteiger partial charge on any atom is -0.340 e. The van der Waals surface area contributed by atoms with Gasteiger partial charge in [-0.15, -0.1) is 12.4 Å². The molecule has 2 N–H and O–H groups in total. The van der Waals surface area contributed by atoms with Gasteiger partial charge < -0.3 is 10.6 Å². The second-order valence-corrected chi connectivity index (χ2v) is 5.84.